The van der Waals surface area contributed by atoms with Crippen LogP contribution >= 0.6 is 0 Å². The number of ether oxygens (including phenoxy) is 1. The Bertz CT molecular complexity index is 658. The van der Waals surface area contributed by atoms with Crippen molar-refractivity contribution in [3.8, 4) is 0 Å². The fraction of sp³-hybridized carbons (Fsp3) is 0.588. The standard InChI is InChI=1S/C17H26N2O4S/c1-4-14-12-19(10-9-16(14)18-24(3,21)22)11-13-5-7-15(8-6-13)17(20)23-2/h5-8,14,16,18H,4,9-12H2,1-3H3/t14-,16+/m1/s1. The Morgan fingerprint density at radius 3 is 2.54 bits per heavy atom. The number of esters is 1. The molecule has 24 heavy (non-hydrogen) atoms. The second-order valence-electron chi connectivity index (χ2n) is 6.38. The first-order valence-corrected chi connectivity index (χ1v) is 10.1. The van der Waals surface area contributed by atoms with Gasteiger partial charge in [-0.25, -0.2) is 17.9 Å². The smallest absolute Gasteiger partial charge is 0.337 e. The number of sulfonamides is 1. The molecule has 1 aliphatic heterocycles. The molecule has 2 atom stereocenters. The van der Waals surface area contributed by atoms with Crippen LogP contribution in [0.4, 0.5) is 0 Å². The lowest BCUT2D eigenvalue weighted by Crippen LogP contribution is -2.50. The highest BCUT2D eigenvalue weighted by Gasteiger charge is 2.29. The Labute approximate surface area is 144 Å². The van der Waals surface area contributed by atoms with Crippen LogP contribution in [0.15, 0.2) is 24.3 Å². The minimum absolute atomic E-state index is 0.0166. The lowest BCUT2D eigenvalue weighted by molar-refractivity contribution is 0.0600. The van der Waals surface area contributed by atoms with Crippen molar-refractivity contribution < 1.29 is 17.9 Å². The molecular formula is C17H26N2O4S. The van der Waals surface area contributed by atoms with Gasteiger partial charge in [0.25, 0.3) is 0 Å². The van der Waals surface area contributed by atoms with E-state index in [2.05, 4.69) is 16.5 Å². The number of benzene rings is 1. The number of methoxy groups -OCH3 is 1. The Kier molecular flexibility index (Phi) is 6.37. The lowest BCUT2D eigenvalue weighted by Gasteiger charge is -2.38. The van der Waals surface area contributed by atoms with E-state index < -0.39 is 10.0 Å². The number of carbonyl (C=O) groups is 1. The lowest BCUT2D eigenvalue weighted by atomic mass is 9.90. The molecule has 1 heterocycles. The van der Waals surface area contributed by atoms with Crippen LogP contribution < -0.4 is 4.72 Å². The zero-order chi connectivity index (χ0) is 17.7. The third-order valence-corrected chi connectivity index (χ3v) is 5.22. The van der Waals surface area contributed by atoms with Gasteiger partial charge in [-0.1, -0.05) is 25.5 Å². The van der Waals surface area contributed by atoms with Gasteiger partial charge in [-0.2, -0.15) is 0 Å². The summed E-state index contributed by atoms with van der Waals surface area (Å²) in [4.78, 5) is 13.8. The van der Waals surface area contributed by atoms with Crippen molar-refractivity contribution in [1.29, 1.82) is 0 Å². The Morgan fingerprint density at radius 2 is 2.00 bits per heavy atom. The number of nitrogens with one attached hydrogen (secondary N) is 1. The second kappa shape index (κ2) is 8.09. The summed E-state index contributed by atoms with van der Waals surface area (Å²) in [7, 11) is -1.80. The number of carbonyl (C=O) groups excluding carboxylic acids is 1. The van der Waals surface area contributed by atoms with Crippen molar-refractivity contribution in [1.82, 2.24) is 9.62 Å². The van der Waals surface area contributed by atoms with Crippen LogP contribution in [0.1, 0.15) is 35.7 Å². The molecule has 1 fully saturated rings. The van der Waals surface area contributed by atoms with Gasteiger partial charge in [0.15, 0.2) is 0 Å². The van der Waals surface area contributed by atoms with Gasteiger partial charge in [0.05, 0.1) is 18.9 Å². The molecule has 0 aliphatic carbocycles. The summed E-state index contributed by atoms with van der Waals surface area (Å²) in [6.07, 6.45) is 2.96. The summed E-state index contributed by atoms with van der Waals surface area (Å²) in [5.74, 6) is -0.0249. The molecule has 2 rings (SSSR count). The van der Waals surface area contributed by atoms with Crippen LogP contribution in [0, 0.1) is 5.92 Å². The summed E-state index contributed by atoms with van der Waals surface area (Å²) in [5, 5.41) is 0. The predicted octanol–water partition coefficient (Wildman–Crippen LogP) is 1.62. The third-order valence-electron chi connectivity index (χ3n) is 4.49. The van der Waals surface area contributed by atoms with E-state index in [1.54, 1.807) is 12.1 Å². The molecule has 1 N–H and O–H groups in total. The van der Waals surface area contributed by atoms with Crippen LogP contribution in [0.5, 0.6) is 0 Å². The van der Waals surface area contributed by atoms with Gasteiger partial charge in [0.1, 0.15) is 0 Å². The zero-order valence-corrected chi connectivity index (χ0v) is 15.3. The minimum Gasteiger partial charge on any atom is -0.465 e. The van der Waals surface area contributed by atoms with Gasteiger partial charge < -0.3 is 4.74 Å². The molecule has 0 bridgehead atoms. The normalized spacial score (nSPS) is 22.3. The quantitative estimate of drug-likeness (QED) is 0.786. The van der Waals surface area contributed by atoms with E-state index in [0.717, 1.165) is 38.0 Å². The van der Waals surface area contributed by atoms with E-state index in [0.29, 0.717) is 11.5 Å². The van der Waals surface area contributed by atoms with E-state index in [1.807, 2.05) is 12.1 Å². The molecule has 1 saturated heterocycles. The van der Waals surface area contributed by atoms with Gasteiger partial charge in [-0.15, -0.1) is 0 Å². The SMILES string of the molecule is CC[C@@H]1CN(Cc2ccc(C(=O)OC)cc2)CC[C@@H]1NS(C)(=O)=O. The van der Waals surface area contributed by atoms with Gasteiger partial charge in [0.2, 0.25) is 10.0 Å². The third kappa shape index (κ3) is 5.29. The van der Waals surface area contributed by atoms with Crippen LogP contribution in [0.2, 0.25) is 0 Å². The maximum Gasteiger partial charge on any atom is 0.337 e. The molecule has 1 aromatic carbocycles. The van der Waals surface area contributed by atoms with E-state index in [4.69, 9.17) is 4.74 Å². The van der Waals surface area contributed by atoms with Crippen LogP contribution in [-0.2, 0) is 21.3 Å². The van der Waals surface area contributed by atoms with Crippen LogP contribution in [0.3, 0.4) is 0 Å². The van der Waals surface area contributed by atoms with Crippen molar-refractivity contribution >= 4 is 16.0 Å². The molecule has 6 nitrogen and oxygen atoms in total. The number of piperidine rings is 1. The van der Waals surface area contributed by atoms with Gasteiger partial charge >= 0.3 is 5.97 Å². The van der Waals surface area contributed by atoms with Crippen molar-refractivity contribution in [2.45, 2.75) is 32.4 Å². The highest BCUT2D eigenvalue weighted by Crippen LogP contribution is 2.22. The molecule has 134 valence electrons. The molecule has 1 aliphatic rings. The molecule has 0 radical (unpaired) electrons. The first kappa shape index (κ1) is 18.9. The zero-order valence-electron chi connectivity index (χ0n) is 14.5. The second-order valence-corrected chi connectivity index (χ2v) is 8.16. The molecule has 0 spiro atoms. The molecule has 0 aromatic heterocycles. The molecular weight excluding hydrogens is 328 g/mol. The van der Waals surface area contributed by atoms with Gasteiger partial charge in [-0.3, -0.25) is 4.90 Å². The van der Waals surface area contributed by atoms with Crippen molar-refractivity contribution in [3.05, 3.63) is 35.4 Å². The summed E-state index contributed by atoms with van der Waals surface area (Å²) in [6, 6.07) is 7.44. The first-order valence-electron chi connectivity index (χ1n) is 8.19. The van der Waals surface area contributed by atoms with Crippen LogP contribution in [0.25, 0.3) is 0 Å². The van der Waals surface area contributed by atoms with Crippen molar-refractivity contribution in [2.24, 2.45) is 5.92 Å². The summed E-state index contributed by atoms with van der Waals surface area (Å²) < 4.78 is 30.4. The highest BCUT2D eigenvalue weighted by atomic mass is 32.2. The van der Waals surface area contributed by atoms with E-state index in [1.165, 1.54) is 13.4 Å². The average Bonchev–Trinajstić information content (AvgIpc) is 2.55. The number of nitrogens with zero attached hydrogens (tertiary/aromatic N) is 1. The maximum absolute atomic E-state index is 11.5. The topological polar surface area (TPSA) is 75.7 Å². The minimum atomic E-state index is -3.17. The fourth-order valence-electron chi connectivity index (χ4n) is 3.22. The van der Waals surface area contributed by atoms with E-state index in [9.17, 15) is 13.2 Å². The van der Waals surface area contributed by atoms with Crippen molar-refractivity contribution in [3.63, 3.8) is 0 Å². The number of hydrogen-bond acceptors (Lipinski definition) is 5. The van der Waals surface area contributed by atoms with Crippen LogP contribution in [-0.4, -0.2) is 51.8 Å². The largest absolute Gasteiger partial charge is 0.465 e. The maximum atomic E-state index is 11.5. The molecule has 0 amide bonds. The summed E-state index contributed by atoms with van der Waals surface area (Å²) >= 11 is 0. The molecule has 7 heteroatoms. The van der Waals surface area contributed by atoms with E-state index >= 15 is 0 Å². The highest BCUT2D eigenvalue weighted by molar-refractivity contribution is 7.88. The predicted molar refractivity (Wildman–Crippen MR) is 93.2 cm³/mol. The van der Waals surface area contributed by atoms with Gasteiger partial charge in [0, 0.05) is 25.7 Å². The first-order chi connectivity index (χ1) is 11.3. The van der Waals surface area contributed by atoms with E-state index in [-0.39, 0.29) is 12.0 Å². The molecule has 1 aromatic rings. The number of hydrogen-bond donors (Lipinski definition) is 1. The average molecular weight is 354 g/mol. The summed E-state index contributed by atoms with van der Waals surface area (Å²) in [5.41, 5.74) is 1.68. The Hall–Kier alpha value is -1.44. The molecule has 0 saturated carbocycles. The molecule has 0 unspecified atom stereocenters. The summed E-state index contributed by atoms with van der Waals surface area (Å²) in [6.45, 7) is 4.60. The Balaban J connectivity index is 1.96. The van der Waals surface area contributed by atoms with Crippen molar-refractivity contribution in [2.75, 3.05) is 26.5 Å². The number of likely N-dealkylation sites (tertiary alicyclic amines) is 1. The Morgan fingerprint density at radius 1 is 1.33 bits per heavy atom. The fourth-order valence-corrected chi connectivity index (χ4v) is 4.08. The monoisotopic (exact) mass is 354 g/mol. The van der Waals surface area contributed by atoms with Gasteiger partial charge in [-0.05, 0) is 30.0 Å². The number of rotatable bonds is 6.